The van der Waals surface area contributed by atoms with Gasteiger partial charge in [0.1, 0.15) is 11.7 Å². The van der Waals surface area contributed by atoms with Crippen LogP contribution in [0.25, 0.3) is 0 Å². The highest BCUT2D eigenvalue weighted by Gasteiger charge is 2.44. The molecule has 0 heterocycles. The monoisotopic (exact) mass is 508 g/mol. The molecule has 1 amide bonds. The second-order valence-corrected chi connectivity index (χ2v) is 8.98. The van der Waals surface area contributed by atoms with Crippen LogP contribution in [0.1, 0.15) is 43.2 Å². The Morgan fingerprint density at radius 3 is 2.64 bits per heavy atom. The van der Waals surface area contributed by atoms with E-state index in [4.69, 9.17) is 16.9 Å². The molecule has 3 rings (SSSR count). The molecule has 0 spiro atoms. The third-order valence-electron chi connectivity index (χ3n) is 5.38. The van der Waals surface area contributed by atoms with Gasteiger partial charge in [0.05, 0.1) is 10.6 Å². The van der Waals surface area contributed by atoms with Crippen LogP contribution in [0.2, 0.25) is 5.02 Å². The van der Waals surface area contributed by atoms with Crippen LogP contribution in [0.5, 0.6) is 0 Å². The molecule has 28 heavy (non-hydrogen) atoms. The topological polar surface area (TPSA) is 73.1 Å². The van der Waals surface area contributed by atoms with Gasteiger partial charge in [-0.1, -0.05) is 43.0 Å². The molecule has 1 saturated carbocycles. The van der Waals surface area contributed by atoms with Crippen molar-refractivity contribution in [2.45, 2.75) is 44.1 Å². The van der Waals surface area contributed by atoms with E-state index in [9.17, 15) is 9.90 Å². The lowest BCUT2D eigenvalue weighted by Gasteiger charge is -2.37. The molecule has 1 aliphatic carbocycles. The fourth-order valence-electron chi connectivity index (χ4n) is 3.87. The van der Waals surface area contributed by atoms with Gasteiger partial charge in [-0.05, 0) is 77.2 Å². The van der Waals surface area contributed by atoms with Crippen molar-refractivity contribution in [2.75, 3.05) is 5.32 Å². The van der Waals surface area contributed by atoms with E-state index in [-0.39, 0.29) is 17.4 Å². The van der Waals surface area contributed by atoms with Gasteiger partial charge in [-0.2, -0.15) is 5.26 Å². The Kier molecular flexibility index (Phi) is 6.97. The summed E-state index contributed by atoms with van der Waals surface area (Å²) in [5.41, 5.74) is 0.269. The minimum Gasteiger partial charge on any atom is -0.379 e. The summed E-state index contributed by atoms with van der Waals surface area (Å²) in [5, 5.41) is 23.7. The summed E-state index contributed by atoms with van der Waals surface area (Å²) in [4.78, 5) is 13.2. The van der Waals surface area contributed by atoms with Gasteiger partial charge in [-0.15, -0.1) is 0 Å². The number of rotatable bonds is 5. The van der Waals surface area contributed by atoms with Gasteiger partial charge < -0.3 is 10.4 Å². The van der Waals surface area contributed by atoms with E-state index < -0.39 is 11.5 Å². The predicted molar refractivity (Wildman–Crippen MR) is 119 cm³/mol. The van der Waals surface area contributed by atoms with E-state index in [0.29, 0.717) is 11.3 Å². The molecule has 0 unspecified atom stereocenters. The Morgan fingerprint density at radius 2 is 2.00 bits per heavy atom. The summed E-state index contributed by atoms with van der Waals surface area (Å²) in [6.45, 7) is 0. The van der Waals surface area contributed by atoms with Crippen molar-refractivity contribution in [3.63, 3.8) is 0 Å². The SMILES string of the molecule is N#Cc1ccc(NC(=O)[C@](O)(Cc2cccc(I)c2)C2CCCCC2)cc1Cl. The van der Waals surface area contributed by atoms with E-state index in [1.54, 1.807) is 18.2 Å². The highest BCUT2D eigenvalue weighted by molar-refractivity contribution is 14.1. The highest BCUT2D eigenvalue weighted by atomic mass is 127. The van der Waals surface area contributed by atoms with Crippen LogP contribution >= 0.6 is 34.2 Å². The van der Waals surface area contributed by atoms with Crippen molar-refractivity contribution >= 4 is 45.8 Å². The number of carbonyl (C=O) groups excluding carboxylic acids is 1. The van der Waals surface area contributed by atoms with Gasteiger partial charge in [-0.3, -0.25) is 4.79 Å². The number of carbonyl (C=O) groups is 1. The Morgan fingerprint density at radius 1 is 1.25 bits per heavy atom. The molecule has 1 fully saturated rings. The summed E-state index contributed by atoms with van der Waals surface area (Å²) in [7, 11) is 0. The number of aliphatic hydroxyl groups is 1. The molecule has 0 radical (unpaired) electrons. The molecule has 1 atom stereocenters. The molecule has 2 aromatic carbocycles. The lowest BCUT2D eigenvalue weighted by molar-refractivity contribution is -0.141. The maximum absolute atomic E-state index is 13.2. The highest BCUT2D eigenvalue weighted by Crippen LogP contribution is 2.36. The molecular formula is C22H22ClIN2O2. The molecule has 2 N–H and O–H groups in total. The van der Waals surface area contributed by atoms with Gasteiger partial charge in [0.25, 0.3) is 5.91 Å². The Bertz CT molecular complexity index is 906. The maximum atomic E-state index is 13.2. The fourth-order valence-corrected chi connectivity index (χ4v) is 4.70. The van der Waals surface area contributed by atoms with Crippen molar-refractivity contribution < 1.29 is 9.90 Å². The maximum Gasteiger partial charge on any atom is 0.256 e. The van der Waals surface area contributed by atoms with Crippen LogP contribution in [-0.2, 0) is 11.2 Å². The molecular weight excluding hydrogens is 487 g/mol. The first-order valence-electron chi connectivity index (χ1n) is 9.40. The second-order valence-electron chi connectivity index (χ2n) is 7.33. The van der Waals surface area contributed by atoms with Crippen LogP contribution < -0.4 is 5.32 Å². The summed E-state index contributed by atoms with van der Waals surface area (Å²) in [5.74, 6) is -0.507. The van der Waals surface area contributed by atoms with E-state index >= 15 is 0 Å². The lowest BCUT2D eigenvalue weighted by Crippen LogP contribution is -2.51. The fraction of sp³-hybridized carbons (Fsp3) is 0.364. The summed E-state index contributed by atoms with van der Waals surface area (Å²) >= 11 is 8.32. The first-order valence-corrected chi connectivity index (χ1v) is 10.9. The average Bonchev–Trinajstić information content (AvgIpc) is 2.68. The normalized spacial score (nSPS) is 16.8. The van der Waals surface area contributed by atoms with E-state index in [1.807, 2.05) is 30.3 Å². The molecule has 0 aromatic heterocycles. The van der Waals surface area contributed by atoms with E-state index in [2.05, 4.69) is 27.9 Å². The standard InChI is InChI=1S/C22H22ClIN2O2/c23-20-12-19(10-9-16(20)14-25)26-21(27)22(28,17-6-2-1-3-7-17)13-15-5-4-8-18(24)11-15/h4-5,8-12,17,28H,1-3,6-7,13H2,(H,26,27)/t22-/m0/s1. The van der Waals surface area contributed by atoms with Crippen molar-refractivity contribution in [1.29, 1.82) is 5.26 Å². The number of nitrogens with one attached hydrogen (secondary N) is 1. The minimum absolute atomic E-state index is 0.0898. The smallest absolute Gasteiger partial charge is 0.256 e. The van der Waals surface area contributed by atoms with Gasteiger partial charge in [0.2, 0.25) is 0 Å². The number of hydrogen-bond acceptors (Lipinski definition) is 3. The van der Waals surface area contributed by atoms with Gasteiger partial charge in [0.15, 0.2) is 0 Å². The third-order valence-corrected chi connectivity index (χ3v) is 6.37. The number of nitriles is 1. The van der Waals surface area contributed by atoms with Crippen molar-refractivity contribution in [1.82, 2.24) is 0 Å². The molecule has 4 nitrogen and oxygen atoms in total. The number of anilines is 1. The molecule has 0 saturated heterocycles. The third kappa shape index (κ3) is 4.86. The van der Waals surface area contributed by atoms with E-state index in [0.717, 1.165) is 41.2 Å². The summed E-state index contributed by atoms with van der Waals surface area (Å²) in [6.07, 6.45) is 5.13. The molecule has 146 valence electrons. The average molecular weight is 509 g/mol. The number of hydrogen-bond donors (Lipinski definition) is 2. The number of halogens is 2. The zero-order chi connectivity index (χ0) is 20.1. The first kappa shape index (κ1) is 21.1. The summed E-state index contributed by atoms with van der Waals surface area (Å²) < 4.78 is 1.07. The van der Waals surface area contributed by atoms with Crippen LogP contribution in [0, 0.1) is 20.8 Å². The van der Waals surface area contributed by atoms with Crippen molar-refractivity contribution in [3.05, 3.63) is 62.2 Å². The van der Waals surface area contributed by atoms with E-state index in [1.165, 1.54) is 0 Å². The summed E-state index contributed by atoms with van der Waals surface area (Å²) in [6, 6.07) is 14.6. The van der Waals surface area contributed by atoms with Crippen LogP contribution in [-0.4, -0.2) is 16.6 Å². The molecule has 0 bridgehead atoms. The molecule has 1 aliphatic rings. The molecule has 6 heteroatoms. The first-order chi connectivity index (χ1) is 13.4. The van der Waals surface area contributed by atoms with Crippen molar-refractivity contribution in [2.24, 2.45) is 5.92 Å². The van der Waals surface area contributed by atoms with Crippen molar-refractivity contribution in [3.8, 4) is 6.07 Å². The molecule has 2 aromatic rings. The largest absolute Gasteiger partial charge is 0.379 e. The number of nitrogens with zero attached hydrogens (tertiary/aromatic N) is 1. The van der Waals surface area contributed by atoms with Crippen LogP contribution in [0.3, 0.4) is 0 Å². The Hall–Kier alpha value is -1.62. The minimum atomic E-state index is -1.49. The van der Waals surface area contributed by atoms with Crippen LogP contribution in [0.4, 0.5) is 5.69 Å². The molecule has 0 aliphatic heterocycles. The number of amides is 1. The Balaban J connectivity index is 1.88. The predicted octanol–water partition coefficient (Wildman–Crippen LogP) is 5.31. The second kappa shape index (κ2) is 9.25. The quantitative estimate of drug-likeness (QED) is 0.538. The lowest BCUT2D eigenvalue weighted by atomic mass is 9.73. The zero-order valence-corrected chi connectivity index (χ0v) is 18.3. The number of benzene rings is 2. The van der Waals surface area contributed by atoms with Crippen LogP contribution in [0.15, 0.2) is 42.5 Å². The van der Waals surface area contributed by atoms with Gasteiger partial charge in [-0.25, -0.2) is 0 Å². The van der Waals surface area contributed by atoms with Gasteiger partial charge in [0, 0.05) is 15.7 Å². The Labute approximate surface area is 184 Å². The zero-order valence-electron chi connectivity index (χ0n) is 15.4. The van der Waals surface area contributed by atoms with Gasteiger partial charge >= 0.3 is 0 Å².